The predicted molar refractivity (Wildman–Crippen MR) is 111 cm³/mol. The average Bonchev–Trinajstić information content (AvgIpc) is 2.69. The van der Waals surface area contributed by atoms with Gasteiger partial charge in [-0.3, -0.25) is 0 Å². The maximum Gasteiger partial charge on any atom is 0.120 e. The molecule has 0 saturated carbocycles. The normalized spacial score (nSPS) is 17.0. The lowest BCUT2D eigenvalue weighted by Gasteiger charge is -2.32. The van der Waals surface area contributed by atoms with Crippen LogP contribution in [0.25, 0.3) is 0 Å². The summed E-state index contributed by atoms with van der Waals surface area (Å²) in [5.74, 6) is 1.48. The molecular weight excluding hydrogens is 360 g/mol. The van der Waals surface area contributed by atoms with Gasteiger partial charge in [0.1, 0.15) is 5.75 Å². The molecule has 0 radical (unpaired) electrons. The van der Waals surface area contributed by atoms with Gasteiger partial charge in [0.05, 0.1) is 13.2 Å². The quantitative estimate of drug-likeness (QED) is 0.694. The van der Waals surface area contributed by atoms with Crippen LogP contribution in [0.15, 0.2) is 42.5 Å². The van der Waals surface area contributed by atoms with Crippen LogP contribution in [0.5, 0.6) is 5.75 Å². The van der Waals surface area contributed by atoms with Crippen LogP contribution >= 0.6 is 11.6 Å². The number of hydrogen-bond donors (Lipinski definition) is 2. The molecule has 1 saturated heterocycles. The smallest absolute Gasteiger partial charge is 0.120 e. The molecule has 146 valence electrons. The molecule has 1 aliphatic heterocycles. The Labute approximate surface area is 166 Å². The van der Waals surface area contributed by atoms with E-state index >= 15 is 0 Å². The number of piperidine rings is 1. The number of hydrogen-bond acceptors (Lipinski definition) is 4. The third kappa shape index (κ3) is 5.61. The Morgan fingerprint density at radius 1 is 1.19 bits per heavy atom. The zero-order valence-electron chi connectivity index (χ0n) is 15.9. The van der Waals surface area contributed by atoms with Crippen LogP contribution < -0.4 is 10.5 Å². The van der Waals surface area contributed by atoms with Crippen molar-refractivity contribution in [2.45, 2.75) is 31.8 Å². The van der Waals surface area contributed by atoms with Crippen LogP contribution in [0.3, 0.4) is 0 Å². The number of nitrogens with two attached hydrogens (primary N) is 1. The van der Waals surface area contributed by atoms with Crippen molar-refractivity contribution < 1.29 is 9.84 Å². The fourth-order valence-electron chi connectivity index (χ4n) is 3.77. The summed E-state index contributed by atoms with van der Waals surface area (Å²) in [5, 5.41) is 11.1. The third-order valence-electron chi connectivity index (χ3n) is 5.54. The number of aliphatic hydroxyl groups excluding tert-OH is 1. The minimum atomic E-state index is -0.431. The number of ether oxygens (including phenoxy) is 1. The van der Waals surface area contributed by atoms with Gasteiger partial charge in [-0.1, -0.05) is 29.8 Å². The third-order valence-corrected chi connectivity index (χ3v) is 5.79. The van der Waals surface area contributed by atoms with Gasteiger partial charge in [0, 0.05) is 23.3 Å². The molecule has 0 aromatic heterocycles. The second-order valence-corrected chi connectivity index (χ2v) is 7.85. The Morgan fingerprint density at radius 3 is 2.52 bits per heavy atom. The van der Waals surface area contributed by atoms with E-state index < -0.39 is 6.10 Å². The van der Waals surface area contributed by atoms with Crippen molar-refractivity contribution in [3.05, 3.63) is 58.6 Å². The molecule has 3 rings (SSSR count). The lowest BCUT2D eigenvalue weighted by molar-refractivity contribution is 0.123. The standard InChI is InChI=1S/C22H29ClN2O2/c1-27-20-7-4-18(21(24)15-20)14-16-8-11-25(12-9-16)13-10-22(26)17-2-5-19(23)6-3-17/h2-7,15-16,22,26H,8-14,24H2,1H3. The number of anilines is 1. The van der Waals surface area contributed by atoms with Crippen LogP contribution in [0.4, 0.5) is 5.69 Å². The Bertz CT molecular complexity index is 728. The van der Waals surface area contributed by atoms with E-state index in [1.807, 2.05) is 36.4 Å². The van der Waals surface area contributed by atoms with Crippen LogP contribution in [-0.4, -0.2) is 36.8 Å². The fourth-order valence-corrected chi connectivity index (χ4v) is 3.89. The van der Waals surface area contributed by atoms with Gasteiger partial charge in [-0.2, -0.15) is 0 Å². The fraction of sp³-hybridized carbons (Fsp3) is 0.455. The summed E-state index contributed by atoms with van der Waals surface area (Å²) in [6.07, 6.45) is 3.68. The number of nitrogens with zero attached hydrogens (tertiary/aromatic N) is 1. The van der Waals surface area contributed by atoms with Gasteiger partial charge in [-0.25, -0.2) is 0 Å². The number of aliphatic hydroxyl groups is 1. The minimum Gasteiger partial charge on any atom is -0.497 e. The number of halogens is 1. The van der Waals surface area contributed by atoms with Crippen LogP contribution in [0.1, 0.15) is 36.5 Å². The molecule has 1 aliphatic rings. The highest BCUT2D eigenvalue weighted by molar-refractivity contribution is 6.30. The van der Waals surface area contributed by atoms with Gasteiger partial charge in [-0.15, -0.1) is 0 Å². The number of methoxy groups -OCH3 is 1. The van der Waals surface area contributed by atoms with E-state index in [4.69, 9.17) is 22.1 Å². The molecule has 4 nitrogen and oxygen atoms in total. The molecule has 0 amide bonds. The molecule has 5 heteroatoms. The van der Waals surface area contributed by atoms with Crippen molar-refractivity contribution >= 4 is 17.3 Å². The van der Waals surface area contributed by atoms with Crippen molar-refractivity contribution in [2.75, 3.05) is 32.5 Å². The van der Waals surface area contributed by atoms with Crippen molar-refractivity contribution in [3.63, 3.8) is 0 Å². The zero-order chi connectivity index (χ0) is 19.2. The summed E-state index contributed by atoms with van der Waals surface area (Å²) in [7, 11) is 1.66. The molecule has 0 bridgehead atoms. The Hall–Kier alpha value is -1.75. The topological polar surface area (TPSA) is 58.7 Å². The molecule has 2 aromatic carbocycles. The lowest BCUT2D eigenvalue weighted by atomic mass is 9.89. The van der Waals surface area contributed by atoms with E-state index in [1.54, 1.807) is 7.11 Å². The molecule has 0 aliphatic carbocycles. The number of nitrogen functional groups attached to an aromatic ring is 1. The number of benzene rings is 2. The Kier molecular flexibility index (Phi) is 7.00. The molecular formula is C22H29ClN2O2. The van der Waals surface area contributed by atoms with E-state index in [2.05, 4.69) is 11.0 Å². The molecule has 3 N–H and O–H groups in total. The molecule has 27 heavy (non-hydrogen) atoms. The van der Waals surface area contributed by atoms with E-state index in [0.29, 0.717) is 10.9 Å². The second-order valence-electron chi connectivity index (χ2n) is 7.41. The van der Waals surface area contributed by atoms with Crippen molar-refractivity contribution in [1.82, 2.24) is 4.90 Å². The van der Waals surface area contributed by atoms with Crippen LogP contribution in [-0.2, 0) is 6.42 Å². The largest absolute Gasteiger partial charge is 0.497 e. The first kappa shape index (κ1) is 20.0. The van der Waals surface area contributed by atoms with Gasteiger partial charge < -0.3 is 20.5 Å². The summed E-state index contributed by atoms with van der Waals surface area (Å²) < 4.78 is 5.22. The minimum absolute atomic E-state index is 0.431. The maximum absolute atomic E-state index is 10.4. The van der Waals surface area contributed by atoms with Crippen molar-refractivity contribution in [1.29, 1.82) is 0 Å². The predicted octanol–water partition coefficient (Wildman–Crippen LogP) is 4.31. The lowest BCUT2D eigenvalue weighted by Crippen LogP contribution is -2.35. The van der Waals surface area contributed by atoms with Gasteiger partial charge in [0.2, 0.25) is 0 Å². The first-order valence-electron chi connectivity index (χ1n) is 9.63. The van der Waals surface area contributed by atoms with Gasteiger partial charge in [0.25, 0.3) is 0 Å². The summed E-state index contributed by atoms with van der Waals surface area (Å²) in [5.41, 5.74) is 9.13. The van der Waals surface area contributed by atoms with Crippen molar-refractivity contribution in [3.8, 4) is 5.75 Å². The monoisotopic (exact) mass is 388 g/mol. The first-order valence-corrected chi connectivity index (χ1v) is 10.0. The summed E-state index contributed by atoms with van der Waals surface area (Å²) >= 11 is 5.91. The van der Waals surface area contributed by atoms with Crippen LogP contribution in [0, 0.1) is 5.92 Å². The summed E-state index contributed by atoms with van der Waals surface area (Å²) in [6.45, 7) is 3.07. The molecule has 1 atom stereocenters. The number of rotatable bonds is 7. The summed E-state index contributed by atoms with van der Waals surface area (Å²) in [4.78, 5) is 2.45. The molecule has 1 unspecified atom stereocenters. The Morgan fingerprint density at radius 2 is 1.89 bits per heavy atom. The average molecular weight is 389 g/mol. The number of likely N-dealkylation sites (tertiary alicyclic amines) is 1. The van der Waals surface area contributed by atoms with Crippen LogP contribution in [0.2, 0.25) is 5.02 Å². The van der Waals surface area contributed by atoms with Gasteiger partial charge >= 0.3 is 0 Å². The maximum atomic E-state index is 10.4. The molecule has 2 aromatic rings. The van der Waals surface area contributed by atoms with Gasteiger partial charge in [-0.05, 0) is 74.0 Å². The van der Waals surface area contributed by atoms with Gasteiger partial charge in [0.15, 0.2) is 0 Å². The first-order chi connectivity index (χ1) is 13.0. The highest BCUT2D eigenvalue weighted by atomic mass is 35.5. The van der Waals surface area contributed by atoms with E-state index in [-0.39, 0.29) is 0 Å². The molecule has 0 spiro atoms. The zero-order valence-corrected chi connectivity index (χ0v) is 16.7. The molecule has 1 heterocycles. The molecule has 1 fully saturated rings. The highest BCUT2D eigenvalue weighted by Crippen LogP contribution is 2.27. The van der Waals surface area contributed by atoms with E-state index in [1.165, 1.54) is 18.4 Å². The Balaban J connectivity index is 1.43. The highest BCUT2D eigenvalue weighted by Gasteiger charge is 2.21. The van der Waals surface area contributed by atoms with E-state index in [0.717, 1.165) is 49.5 Å². The summed E-state index contributed by atoms with van der Waals surface area (Å²) in [6, 6.07) is 13.4. The van der Waals surface area contributed by atoms with Crippen molar-refractivity contribution in [2.24, 2.45) is 5.92 Å². The second kappa shape index (κ2) is 9.45. The SMILES string of the molecule is COc1ccc(CC2CCN(CCC(O)c3ccc(Cl)cc3)CC2)c(N)c1. The van der Waals surface area contributed by atoms with E-state index in [9.17, 15) is 5.11 Å².